The van der Waals surface area contributed by atoms with E-state index < -0.39 is 11.2 Å². The third-order valence-electron chi connectivity index (χ3n) is 4.31. The van der Waals surface area contributed by atoms with Crippen molar-refractivity contribution in [3.05, 3.63) is 55.4 Å². The number of amides is 1. The van der Waals surface area contributed by atoms with Crippen LogP contribution in [0.3, 0.4) is 0 Å². The zero-order valence-electron chi connectivity index (χ0n) is 14.3. The minimum atomic E-state index is -0.558. The van der Waals surface area contributed by atoms with Crippen LogP contribution >= 0.6 is 11.3 Å². The van der Waals surface area contributed by atoms with Gasteiger partial charge in [0.1, 0.15) is 0 Å². The van der Waals surface area contributed by atoms with Gasteiger partial charge in [-0.05, 0) is 23.9 Å². The summed E-state index contributed by atoms with van der Waals surface area (Å²) in [5.74, 6) is 0.744. The maximum absolute atomic E-state index is 12.6. The summed E-state index contributed by atoms with van der Waals surface area (Å²) < 4.78 is 11.6. The monoisotopic (exact) mass is 387 g/mol. The van der Waals surface area contributed by atoms with Crippen molar-refractivity contribution in [2.24, 2.45) is 0 Å². The second kappa shape index (κ2) is 7.28. The van der Waals surface area contributed by atoms with Gasteiger partial charge in [-0.2, -0.15) is 0 Å². The third kappa shape index (κ3) is 3.59. The minimum Gasteiger partial charge on any atom is -0.454 e. The fourth-order valence-electron chi connectivity index (χ4n) is 2.93. The Labute approximate surface area is 157 Å². The van der Waals surface area contributed by atoms with E-state index >= 15 is 0 Å². The highest BCUT2D eigenvalue weighted by Gasteiger charge is 2.17. The van der Waals surface area contributed by atoms with Crippen LogP contribution in [0.15, 0.2) is 39.2 Å². The average molecular weight is 387 g/mol. The van der Waals surface area contributed by atoms with Crippen LogP contribution in [-0.2, 0) is 17.8 Å². The SMILES string of the molecule is O=C(CCn1c(=O)[nH]c2cc3c(cc2c1=O)OCO3)NCCc1cccs1. The van der Waals surface area contributed by atoms with Gasteiger partial charge in [0.2, 0.25) is 12.7 Å². The van der Waals surface area contributed by atoms with Crippen molar-refractivity contribution in [1.29, 1.82) is 0 Å². The molecule has 0 fully saturated rings. The highest BCUT2D eigenvalue weighted by Crippen LogP contribution is 2.34. The predicted molar refractivity (Wildman–Crippen MR) is 101 cm³/mol. The lowest BCUT2D eigenvalue weighted by Gasteiger charge is -2.08. The molecule has 0 radical (unpaired) electrons. The molecule has 3 heterocycles. The summed E-state index contributed by atoms with van der Waals surface area (Å²) in [5, 5.41) is 5.11. The molecular weight excluding hydrogens is 370 g/mol. The standard InChI is InChI=1S/C18H17N3O5S/c22-16(19-5-3-11-2-1-7-27-11)4-6-21-17(23)12-8-14-15(26-10-25-14)9-13(12)20-18(21)24/h1-2,7-9H,3-6,10H2,(H,19,22)(H,20,24). The number of H-pyrrole nitrogens is 1. The molecule has 0 spiro atoms. The van der Waals surface area contributed by atoms with E-state index in [0.717, 1.165) is 11.0 Å². The molecule has 3 aromatic rings. The Kier molecular flexibility index (Phi) is 4.68. The first-order chi connectivity index (χ1) is 13.1. The molecule has 0 aliphatic carbocycles. The van der Waals surface area contributed by atoms with Gasteiger partial charge < -0.3 is 19.8 Å². The fourth-order valence-corrected chi connectivity index (χ4v) is 3.64. The largest absolute Gasteiger partial charge is 0.454 e. The van der Waals surface area contributed by atoms with Gasteiger partial charge >= 0.3 is 5.69 Å². The zero-order valence-corrected chi connectivity index (χ0v) is 15.1. The summed E-state index contributed by atoms with van der Waals surface area (Å²) in [6, 6.07) is 7.10. The molecule has 1 aromatic carbocycles. The van der Waals surface area contributed by atoms with Crippen molar-refractivity contribution in [1.82, 2.24) is 14.9 Å². The molecule has 2 aromatic heterocycles. The summed E-state index contributed by atoms with van der Waals surface area (Å²) in [5.41, 5.74) is -0.637. The van der Waals surface area contributed by atoms with Crippen LogP contribution in [0, 0.1) is 0 Å². The van der Waals surface area contributed by atoms with Gasteiger partial charge in [-0.15, -0.1) is 11.3 Å². The number of hydrogen-bond donors (Lipinski definition) is 2. The highest BCUT2D eigenvalue weighted by atomic mass is 32.1. The molecule has 0 saturated heterocycles. The number of carbonyl (C=O) groups is 1. The highest BCUT2D eigenvalue weighted by molar-refractivity contribution is 7.09. The molecule has 1 aliphatic rings. The third-order valence-corrected chi connectivity index (χ3v) is 5.25. The number of benzene rings is 1. The van der Waals surface area contributed by atoms with Crippen LogP contribution in [0.4, 0.5) is 0 Å². The molecule has 0 atom stereocenters. The average Bonchev–Trinajstić information content (AvgIpc) is 3.31. The summed E-state index contributed by atoms with van der Waals surface area (Å²) in [4.78, 5) is 40.7. The summed E-state index contributed by atoms with van der Waals surface area (Å²) in [7, 11) is 0. The van der Waals surface area contributed by atoms with Gasteiger partial charge in [0.15, 0.2) is 11.5 Å². The molecule has 0 bridgehead atoms. The maximum atomic E-state index is 12.6. The Hall–Kier alpha value is -3.07. The van der Waals surface area contributed by atoms with Gasteiger partial charge in [0, 0.05) is 30.5 Å². The van der Waals surface area contributed by atoms with Crippen LogP contribution in [-0.4, -0.2) is 28.8 Å². The topological polar surface area (TPSA) is 102 Å². The molecule has 1 amide bonds. The van der Waals surface area contributed by atoms with Crippen LogP contribution in [0.25, 0.3) is 10.9 Å². The lowest BCUT2D eigenvalue weighted by molar-refractivity contribution is -0.121. The van der Waals surface area contributed by atoms with Crippen molar-refractivity contribution >= 4 is 28.1 Å². The number of carbonyl (C=O) groups excluding carboxylic acids is 1. The van der Waals surface area contributed by atoms with Gasteiger partial charge in [0.25, 0.3) is 5.56 Å². The van der Waals surface area contributed by atoms with E-state index in [1.807, 2.05) is 17.5 Å². The van der Waals surface area contributed by atoms with E-state index in [1.54, 1.807) is 23.5 Å². The lowest BCUT2D eigenvalue weighted by atomic mass is 10.2. The summed E-state index contributed by atoms with van der Waals surface area (Å²) in [6.07, 6.45) is 0.802. The number of rotatable bonds is 6. The summed E-state index contributed by atoms with van der Waals surface area (Å²) in [6.45, 7) is 0.602. The Morgan fingerprint density at radius 1 is 1.26 bits per heavy atom. The molecule has 27 heavy (non-hydrogen) atoms. The van der Waals surface area contributed by atoms with Gasteiger partial charge in [-0.1, -0.05) is 6.07 Å². The molecule has 9 heteroatoms. The zero-order chi connectivity index (χ0) is 18.8. The quantitative estimate of drug-likeness (QED) is 0.662. The molecule has 0 saturated carbocycles. The Morgan fingerprint density at radius 3 is 2.85 bits per heavy atom. The lowest BCUT2D eigenvalue weighted by Crippen LogP contribution is -2.37. The fraction of sp³-hybridized carbons (Fsp3) is 0.278. The van der Waals surface area contributed by atoms with Gasteiger partial charge in [0.05, 0.1) is 10.9 Å². The number of nitrogens with zero attached hydrogens (tertiary/aromatic N) is 1. The summed E-state index contributed by atoms with van der Waals surface area (Å²) >= 11 is 1.64. The van der Waals surface area contributed by atoms with E-state index in [9.17, 15) is 14.4 Å². The number of nitrogens with one attached hydrogen (secondary N) is 2. The van der Waals surface area contributed by atoms with E-state index in [0.29, 0.717) is 28.9 Å². The first-order valence-corrected chi connectivity index (χ1v) is 9.35. The molecule has 4 rings (SSSR count). The first-order valence-electron chi connectivity index (χ1n) is 8.47. The van der Waals surface area contributed by atoms with Crippen molar-refractivity contribution < 1.29 is 14.3 Å². The molecule has 2 N–H and O–H groups in total. The van der Waals surface area contributed by atoms with Crippen molar-refractivity contribution in [2.45, 2.75) is 19.4 Å². The smallest absolute Gasteiger partial charge is 0.328 e. The van der Waals surface area contributed by atoms with E-state index in [1.165, 1.54) is 4.88 Å². The number of aromatic nitrogens is 2. The van der Waals surface area contributed by atoms with Crippen LogP contribution in [0.2, 0.25) is 0 Å². The normalized spacial score (nSPS) is 12.4. The van der Waals surface area contributed by atoms with Crippen LogP contribution in [0.1, 0.15) is 11.3 Å². The van der Waals surface area contributed by atoms with E-state index in [-0.39, 0.29) is 25.7 Å². The number of hydrogen-bond acceptors (Lipinski definition) is 6. The number of ether oxygens (including phenoxy) is 2. The first kappa shape index (κ1) is 17.3. The Bertz CT molecular complexity index is 1100. The van der Waals surface area contributed by atoms with Gasteiger partial charge in [-0.3, -0.25) is 14.2 Å². The Morgan fingerprint density at radius 2 is 2.07 bits per heavy atom. The van der Waals surface area contributed by atoms with Crippen molar-refractivity contribution in [2.75, 3.05) is 13.3 Å². The van der Waals surface area contributed by atoms with Crippen LogP contribution < -0.4 is 26.0 Å². The van der Waals surface area contributed by atoms with Crippen molar-refractivity contribution in [3.63, 3.8) is 0 Å². The van der Waals surface area contributed by atoms with Crippen LogP contribution in [0.5, 0.6) is 11.5 Å². The molecule has 8 nitrogen and oxygen atoms in total. The van der Waals surface area contributed by atoms with E-state index in [4.69, 9.17) is 9.47 Å². The maximum Gasteiger partial charge on any atom is 0.328 e. The Balaban J connectivity index is 1.45. The van der Waals surface area contributed by atoms with E-state index in [2.05, 4.69) is 10.3 Å². The molecule has 0 unspecified atom stereocenters. The molecule has 140 valence electrons. The molecule has 1 aliphatic heterocycles. The van der Waals surface area contributed by atoms with Crippen molar-refractivity contribution in [3.8, 4) is 11.5 Å². The number of fused-ring (bicyclic) bond motifs is 2. The second-order valence-electron chi connectivity index (χ2n) is 6.07. The predicted octanol–water partition coefficient (Wildman–Crippen LogP) is 1.23. The second-order valence-corrected chi connectivity index (χ2v) is 7.10. The minimum absolute atomic E-state index is 0.00336. The number of thiophene rings is 1. The van der Waals surface area contributed by atoms with Gasteiger partial charge in [-0.25, -0.2) is 4.79 Å². The molecular formula is C18H17N3O5S. The number of aromatic amines is 1.